The Hall–Kier alpha value is -0.940. The summed E-state index contributed by atoms with van der Waals surface area (Å²) in [4.78, 5) is 6.85. The molecule has 1 aromatic rings. The van der Waals surface area contributed by atoms with Gasteiger partial charge >= 0.3 is 0 Å². The van der Waals surface area contributed by atoms with Crippen molar-refractivity contribution in [1.29, 1.82) is 0 Å². The lowest BCUT2D eigenvalue weighted by atomic mass is 9.79. The minimum absolute atomic E-state index is 0.00131. The molecular formula is C14H23N3O2. The summed E-state index contributed by atoms with van der Waals surface area (Å²) in [5.74, 6) is 1.49. The summed E-state index contributed by atoms with van der Waals surface area (Å²) < 4.78 is 5.36. The Balaban J connectivity index is 1.65. The summed E-state index contributed by atoms with van der Waals surface area (Å²) >= 11 is 0. The molecule has 1 aliphatic carbocycles. The molecule has 106 valence electrons. The number of hydrogen-bond donors (Lipinski definition) is 1. The van der Waals surface area contributed by atoms with Gasteiger partial charge in [-0.1, -0.05) is 12.1 Å². The standard InChI is InChI=1S/C14H23N3O2/c1-10-15-13(19-16-10)14(2)6-8-17(9-7-14)11-4-3-5-12(11)18/h11-12,18H,3-9H2,1-2H3/t11-,12+/m1/s1. The minimum Gasteiger partial charge on any atom is -0.391 e. The number of nitrogens with zero attached hydrogens (tertiary/aromatic N) is 3. The normalized spacial score (nSPS) is 31.7. The van der Waals surface area contributed by atoms with E-state index in [-0.39, 0.29) is 11.5 Å². The number of likely N-dealkylation sites (tertiary alicyclic amines) is 1. The molecule has 2 heterocycles. The molecule has 0 spiro atoms. The first-order chi connectivity index (χ1) is 9.08. The number of rotatable bonds is 2. The van der Waals surface area contributed by atoms with Crippen LogP contribution < -0.4 is 0 Å². The molecule has 2 aliphatic rings. The number of aliphatic hydroxyl groups excluding tert-OH is 1. The molecule has 5 heteroatoms. The van der Waals surface area contributed by atoms with Crippen molar-refractivity contribution in [3.05, 3.63) is 11.7 Å². The molecule has 1 aliphatic heterocycles. The van der Waals surface area contributed by atoms with Gasteiger partial charge in [0, 0.05) is 11.5 Å². The third-order valence-corrected chi connectivity index (χ3v) is 4.86. The highest BCUT2D eigenvalue weighted by Crippen LogP contribution is 2.36. The van der Waals surface area contributed by atoms with Crippen molar-refractivity contribution in [1.82, 2.24) is 15.0 Å². The fourth-order valence-corrected chi connectivity index (χ4v) is 3.45. The van der Waals surface area contributed by atoms with Crippen LogP contribution in [0.1, 0.15) is 50.7 Å². The quantitative estimate of drug-likeness (QED) is 0.881. The summed E-state index contributed by atoms with van der Waals surface area (Å²) in [6.07, 6.45) is 5.17. The van der Waals surface area contributed by atoms with Gasteiger partial charge in [0.05, 0.1) is 6.10 Å². The smallest absolute Gasteiger partial charge is 0.232 e. The zero-order valence-corrected chi connectivity index (χ0v) is 11.8. The van der Waals surface area contributed by atoms with Crippen LogP contribution in [0.5, 0.6) is 0 Å². The largest absolute Gasteiger partial charge is 0.391 e. The van der Waals surface area contributed by atoms with Crippen LogP contribution >= 0.6 is 0 Å². The summed E-state index contributed by atoms with van der Waals surface area (Å²) in [5, 5.41) is 13.9. The second kappa shape index (κ2) is 4.87. The zero-order chi connectivity index (χ0) is 13.5. The van der Waals surface area contributed by atoms with Crippen molar-refractivity contribution in [2.75, 3.05) is 13.1 Å². The van der Waals surface area contributed by atoms with Crippen molar-refractivity contribution < 1.29 is 9.63 Å². The first kappa shape index (κ1) is 13.1. The highest BCUT2D eigenvalue weighted by atomic mass is 16.5. The molecule has 19 heavy (non-hydrogen) atoms. The number of aliphatic hydroxyl groups is 1. The Morgan fingerprint density at radius 1 is 1.32 bits per heavy atom. The first-order valence-corrected chi connectivity index (χ1v) is 7.31. The monoisotopic (exact) mass is 265 g/mol. The summed E-state index contributed by atoms with van der Waals surface area (Å²) in [7, 11) is 0. The van der Waals surface area contributed by atoms with Gasteiger partial charge < -0.3 is 9.63 Å². The molecule has 2 fully saturated rings. The van der Waals surface area contributed by atoms with Crippen LogP contribution in [0.15, 0.2) is 4.52 Å². The van der Waals surface area contributed by atoms with Crippen molar-refractivity contribution >= 4 is 0 Å². The molecule has 0 radical (unpaired) electrons. The third-order valence-electron chi connectivity index (χ3n) is 4.86. The van der Waals surface area contributed by atoms with E-state index in [9.17, 15) is 5.11 Å². The van der Waals surface area contributed by atoms with E-state index in [1.165, 1.54) is 0 Å². The van der Waals surface area contributed by atoms with Gasteiger partial charge in [0.15, 0.2) is 5.82 Å². The average Bonchev–Trinajstić information content (AvgIpc) is 3.00. The van der Waals surface area contributed by atoms with E-state index in [0.717, 1.165) is 51.1 Å². The van der Waals surface area contributed by atoms with Crippen LogP contribution in [0.2, 0.25) is 0 Å². The van der Waals surface area contributed by atoms with E-state index in [0.29, 0.717) is 11.9 Å². The van der Waals surface area contributed by atoms with Crippen LogP contribution in [0.4, 0.5) is 0 Å². The molecule has 5 nitrogen and oxygen atoms in total. The molecular weight excluding hydrogens is 242 g/mol. The van der Waals surface area contributed by atoms with Gasteiger partial charge in [-0.2, -0.15) is 4.98 Å². The van der Waals surface area contributed by atoms with E-state index >= 15 is 0 Å². The third kappa shape index (κ3) is 2.41. The van der Waals surface area contributed by atoms with Crippen molar-refractivity contribution in [2.24, 2.45) is 0 Å². The fraction of sp³-hybridized carbons (Fsp3) is 0.857. The number of piperidine rings is 1. The molecule has 3 rings (SSSR count). The van der Waals surface area contributed by atoms with E-state index in [1.54, 1.807) is 0 Å². The highest BCUT2D eigenvalue weighted by Gasteiger charge is 2.40. The SMILES string of the molecule is Cc1noc(C2(C)CCN([C@@H]3CCC[C@@H]3O)CC2)n1. The maximum atomic E-state index is 10.0. The van der Waals surface area contributed by atoms with Gasteiger partial charge in [0.25, 0.3) is 0 Å². The number of aryl methyl sites for hydroxylation is 1. The first-order valence-electron chi connectivity index (χ1n) is 7.31. The number of aromatic nitrogens is 2. The van der Waals surface area contributed by atoms with E-state index in [4.69, 9.17) is 4.52 Å². The predicted molar refractivity (Wildman–Crippen MR) is 70.8 cm³/mol. The van der Waals surface area contributed by atoms with E-state index < -0.39 is 0 Å². The van der Waals surface area contributed by atoms with Crippen molar-refractivity contribution in [2.45, 2.75) is 63.5 Å². The second-order valence-corrected chi connectivity index (χ2v) is 6.31. The Labute approximate surface area is 114 Å². The van der Waals surface area contributed by atoms with Gasteiger partial charge in [-0.05, 0) is 52.1 Å². The van der Waals surface area contributed by atoms with E-state index in [1.807, 2.05) is 6.92 Å². The lowest BCUT2D eigenvalue weighted by molar-refractivity contribution is 0.0389. The highest BCUT2D eigenvalue weighted by molar-refractivity contribution is 5.06. The zero-order valence-electron chi connectivity index (χ0n) is 11.8. The summed E-state index contributed by atoms with van der Waals surface area (Å²) in [6.45, 7) is 6.10. The van der Waals surface area contributed by atoms with Crippen LogP contribution in [0.3, 0.4) is 0 Å². The number of hydrogen-bond acceptors (Lipinski definition) is 5. The van der Waals surface area contributed by atoms with E-state index in [2.05, 4.69) is 22.0 Å². The molecule has 2 atom stereocenters. The molecule has 0 bridgehead atoms. The maximum absolute atomic E-state index is 10.0. The van der Waals surface area contributed by atoms with Crippen LogP contribution in [-0.4, -0.2) is 45.4 Å². The van der Waals surface area contributed by atoms with Crippen LogP contribution in [0, 0.1) is 6.92 Å². The molecule has 1 aromatic heterocycles. The van der Waals surface area contributed by atoms with Crippen molar-refractivity contribution in [3.8, 4) is 0 Å². The topological polar surface area (TPSA) is 62.4 Å². The van der Waals surface area contributed by atoms with Crippen molar-refractivity contribution in [3.63, 3.8) is 0 Å². The molecule has 0 unspecified atom stereocenters. The molecule has 1 saturated carbocycles. The Morgan fingerprint density at radius 2 is 2.05 bits per heavy atom. The van der Waals surface area contributed by atoms with Crippen LogP contribution in [0.25, 0.3) is 0 Å². The summed E-state index contributed by atoms with van der Waals surface area (Å²) in [6, 6.07) is 0.369. The maximum Gasteiger partial charge on any atom is 0.232 e. The van der Waals surface area contributed by atoms with Gasteiger partial charge in [0.2, 0.25) is 5.89 Å². The second-order valence-electron chi connectivity index (χ2n) is 6.31. The van der Waals surface area contributed by atoms with Gasteiger partial charge in [-0.15, -0.1) is 0 Å². The average molecular weight is 265 g/mol. The molecule has 0 amide bonds. The Kier molecular flexibility index (Phi) is 3.35. The minimum atomic E-state index is -0.130. The Bertz CT molecular complexity index is 438. The summed E-state index contributed by atoms with van der Waals surface area (Å²) in [5.41, 5.74) is 0.00131. The molecule has 1 saturated heterocycles. The lowest BCUT2D eigenvalue weighted by Gasteiger charge is -2.40. The van der Waals surface area contributed by atoms with Gasteiger partial charge in [-0.3, -0.25) is 4.90 Å². The predicted octanol–water partition coefficient (Wildman–Crippen LogP) is 1.64. The van der Waals surface area contributed by atoms with Gasteiger partial charge in [-0.25, -0.2) is 0 Å². The fourth-order valence-electron chi connectivity index (χ4n) is 3.45. The van der Waals surface area contributed by atoms with Crippen LogP contribution in [-0.2, 0) is 5.41 Å². The van der Waals surface area contributed by atoms with Gasteiger partial charge in [0.1, 0.15) is 0 Å². The molecule has 1 N–H and O–H groups in total. The lowest BCUT2D eigenvalue weighted by Crippen LogP contribution is -2.48. The molecule has 0 aromatic carbocycles. The Morgan fingerprint density at radius 3 is 2.58 bits per heavy atom.